The van der Waals surface area contributed by atoms with Crippen LogP contribution < -0.4 is 0 Å². The molecule has 0 spiro atoms. The molecule has 1 aromatic carbocycles. The largest absolute Gasteiger partial charge is 0.404 e. The second kappa shape index (κ2) is 10.8. The summed E-state index contributed by atoms with van der Waals surface area (Å²) in [6.07, 6.45) is 1.84. The molecule has 0 saturated carbocycles. The van der Waals surface area contributed by atoms with Crippen molar-refractivity contribution < 1.29 is 4.43 Å². The second-order valence-corrected chi connectivity index (χ2v) is 13.0. The van der Waals surface area contributed by atoms with Gasteiger partial charge in [0.2, 0.25) is 8.24 Å². The zero-order chi connectivity index (χ0) is 20.3. The monoisotopic (exact) mass is 393 g/mol. The van der Waals surface area contributed by atoms with Gasteiger partial charge in [-0.1, -0.05) is 71.1 Å². The summed E-state index contributed by atoms with van der Waals surface area (Å²) in [5, 5.41) is 0. The molecule has 4 heteroatoms. The fourth-order valence-electron chi connectivity index (χ4n) is 2.79. The summed E-state index contributed by atoms with van der Waals surface area (Å²) in [5.41, 5.74) is 13.8. The Morgan fingerprint density at radius 2 is 1.30 bits per heavy atom. The van der Waals surface area contributed by atoms with Crippen molar-refractivity contribution in [1.82, 2.24) is 4.57 Å². The Labute approximate surface area is 167 Å². The molecule has 2 nitrogen and oxygen atoms in total. The molecule has 0 amide bonds. The molecule has 0 aliphatic heterocycles. The third kappa shape index (κ3) is 5.61. The van der Waals surface area contributed by atoms with Crippen LogP contribution in [0.4, 0.5) is 0 Å². The second-order valence-electron chi connectivity index (χ2n) is 6.18. The summed E-state index contributed by atoms with van der Waals surface area (Å²) in [6.45, 7) is 29.7. The van der Waals surface area contributed by atoms with Crippen LogP contribution in [0.1, 0.15) is 11.1 Å². The van der Waals surface area contributed by atoms with Gasteiger partial charge in [0, 0.05) is 19.7 Å². The lowest BCUT2D eigenvalue weighted by atomic mass is 10.1. The van der Waals surface area contributed by atoms with Crippen molar-refractivity contribution >= 4 is 22.6 Å². The van der Waals surface area contributed by atoms with Crippen LogP contribution in [0.3, 0.4) is 0 Å². The molecule has 1 rings (SSSR count). The summed E-state index contributed by atoms with van der Waals surface area (Å²) in [5.74, 6) is 0. The van der Waals surface area contributed by atoms with E-state index in [0.717, 1.165) is 18.7 Å². The Kier molecular flexibility index (Phi) is 9.11. The van der Waals surface area contributed by atoms with Gasteiger partial charge >= 0.3 is 0 Å². The Bertz CT molecular complexity index is 662. The fourth-order valence-corrected chi connectivity index (χ4v) is 6.29. The minimum absolute atomic E-state index is 0.547. The van der Waals surface area contributed by atoms with E-state index in [0.29, 0.717) is 6.61 Å². The summed E-state index contributed by atoms with van der Waals surface area (Å²) < 4.78 is 8.53. The van der Waals surface area contributed by atoms with Crippen LogP contribution in [-0.4, -0.2) is 34.3 Å². The standard InChI is InChI=1S/C23H31NOSi2/c1-8-22-15-17-23(18-16-22)21-24(26(9-2,10-3)11-4)19-20-25-27(12-5,13-6)14-7/h8-18H,1-7,19-21H2. The molecule has 1 aromatic rings. The van der Waals surface area contributed by atoms with E-state index in [1.54, 1.807) is 0 Å². The van der Waals surface area contributed by atoms with E-state index in [9.17, 15) is 0 Å². The van der Waals surface area contributed by atoms with Crippen molar-refractivity contribution in [2.45, 2.75) is 6.54 Å². The highest BCUT2D eigenvalue weighted by atomic mass is 28.4. The molecular weight excluding hydrogens is 362 g/mol. The summed E-state index contributed by atoms with van der Waals surface area (Å²) in [4.78, 5) is 0. The number of hydrogen-bond acceptors (Lipinski definition) is 2. The average molecular weight is 394 g/mol. The first-order valence-corrected chi connectivity index (χ1v) is 13.2. The summed E-state index contributed by atoms with van der Waals surface area (Å²) in [6, 6.07) is 8.38. The highest BCUT2D eigenvalue weighted by Crippen LogP contribution is 2.19. The molecule has 0 saturated heterocycles. The van der Waals surface area contributed by atoms with E-state index in [-0.39, 0.29) is 0 Å². The van der Waals surface area contributed by atoms with E-state index in [2.05, 4.69) is 74.9 Å². The van der Waals surface area contributed by atoms with Gasteiger partial charge < -0.3 is 8.99 Å². The van der Waals surface area contributed by atoms with Gasteiger partial charge in [0.1, 0.15) is 0 Å². The van der Waals surface area contributed by atoms with E-state index in [4.69, 9.17) is 4.43 Å². The van der Waals surface area contributed by atoms with Crippen molar-refractivity contribution in [3.8, 4) is 0 Å². The van der Waals surface area contributed by atoms with Crippen molar-refractivity contribution in [2.24, 2.45) is 0 Å². The van der Waals surface area contributed by atoms with Gasteiger partial charge in [0.05, 0.1) is 0 Å². The maximum atomic E-state index is 6.16. The maximum absolute atomic E-state index is 6.16. The lowest BCUT2D eigenvalue weighted by molar-refractivity contribution is 0.270. The molecule has 0 unspecified atom stereocenters. The van der Waals surface area contributed by atoms with Gasteiger partial charge in [-0.05, 0) is 11.1 Å². The molecule has 0 bridgehead atoms. The van der Waals surface area contributed by atoms with Crippen LogP contribution in [0.15, 0.2) is 105 Å². The number of benzene rings is 1. The Morgan fingerprint density at radius 3 is 1.70 bits per heavy atom. The number of rotatable bonds is 14. The number of hydrogen-bond donors (Lipinski definition) is 0. The average Bonchev–Trinajstić information content (AvgIpc) is 2.73. The Morgan fingerprint density at radius 1 is 0.778 bits per heavy atom. The smallest absolute Gasteiger partial charge is 0.264 e. The van der Waals surface area contributed by atoms with Gasteiger partial charge in [0.15, 0.2) is 0 Å². The summed E-state index contributed by atoms with van der Waals surface area (Å²) >= 11 is 0. The minimum Gasteiger partial charge on any atom is -0.404 e. The minimum atomic E-state index is -2.29. The molecule has 0 fully saturated rings. The van der Waals surface area contributed by atoms with Crippen LogP contribution in [0.2, 0.25) is 0 Å². The lowest BCUT2D eigenvalue weighted by Crippen LogP contribution is -2.51. The molecule has 0 aliphatic carbocycles. The molecule has 27 heavy (non-hydrogen) atoms. The quantitative estimate of drug-likeness (QED) is 0.393. The maximum Gasteiger partial charge on any atom is 0.264 e. The van der Waals surface area contributed by atoms with Crippen LogP contribution in [0, 0.1) is 0 Å². The predicted molar refractivity (Wildman–Crippen MR) is 126 cm³/mol. The highest BCUT2D eigenvalue weighted by molar-refractivity contribution is 6.90. The fraction of sp³-hybridized carbons (Fsp3) is 0.130. The van der Waals surface area contributed by atoms with E-state index in [1.807, 2.05) is 40.3 Å². The Hall–Kier alpha value is -2.25. The first-order valence-electron chi connectivity index (χ1n) is 8.90. The van der Waals surface area contributed by atoms with Crippen molar-refractivity contribution in [3.63, 3.8) is 0 Å². The zero-order valence-corrected chi connectivity index (χ0v) is 18.3. The molecule has 142 valence electrons. The normalized spacial score (nSPS) is 11.4. The first-order chi connectivity index (χ1) is 13.0. The van der Waals surface area contributed by atoms with Crippen LogP contribution in [-0.2, 0) is 11.0 Å². The van der Waals surface area contributed by atoms with E-state index >= 15 is 0 Å². The van der Waals surface area contributed by atoms with Crippen LogP contribution in [0.5, 0.6) is 0 Å². The molecule has 0 aromatic heterocycles. The molecule has 0 heterocycles. The van der Waals surface area contributed by atoms with Crippen molar-refractivity contribution in [1.29, 1.82) is 0 Å². The van der Waals surface area contributed by atoms with Gasteiger partial charge in [0.25, 0.3) is 8.32 Å². The van der Waals surface area contributed by atoms with Gasteiger partial charge in [-0.3, -0.25) is 0 Å². The van der Waals surface area contributed by atoms with Crippen LogP contribution >= 0.6 is 0 Å². The van der Waals surface area contributed by atoms with Crippen molar-refractivity contribution in [3.05, 3.63) is 116 Å². The van der Waals surface area contributed by atoms with Crippen LogP contribution in [0.25, 0.3) is 6.08 Å². The topological polar surface area (TPSA) is 12.5 Å². The van der Waals surface area contributed by atoms with Gasteiger partial charge in [-0.25, -0.2) is 0 Å². The van der Waals surface area contributed by atoms with Crippen molar-refractivity contribution in [2.75, 3.05) is 13.2 Å². The third-order valence-corrected chi connectivity index (χ3v) is 10.8. The summed E-state index contributed by atoms with van der Waals surface area (Å²) in [7, 11) is -4.50. The van der Waals surface area contributed by atoms with E-state index in [1.165, 1.54) is 5.56 Å². The third-order valence-electron chi connectivity index (χ3n) is 4.79. The molecule has 0 N–H and O–H groups in total. The van der Waals surface area contributed by atoms with Gasteiger partial charge in [-0.15, -0.1) is 39.5 Å². The lowest BCUT2D eigenvalue weighted by Gasteiger charge is -2.36. The zero-order valence-electron chi connectivity index (χ0n) is 16.3. The Balaban J connectivity index is 3.05. The molecule has 0 radical (unpaired) electrons. The predicted octanol–water partition coefficient (Wildman–Crippen LogP) is 5.39. The van der Waals surface area contributed by atoms with E-state index < -0.39 is 16.6 Å². The molecular formula is C23H31NOSi2. The number of nitrogens with zero attached hydrogens (tertiary/aromatic N) is 1. The molecule has 0 atom stereocenters. The molecule has 0 aliphatic rings. The first kappa shape index (κ1) is 22.8. The SMILES string of the molecule is C=Cc1ccc(CN(CCO[Si](C=C)(C=C)C=C)[Si](C=C)(C=C)C=C)cc1. The van der Waals surface area contributed by atoms with Gasteiger partial charge in [-0.2, -0.15) is 0 Å². The highest BCUT2D eigenvalue weighted by Gasteiger charge is 2.32.